The SMILES string of the molecule is CCn1c(SCC(=O)NCC(C)C)nc(-c2ccc(C)cc2)c1-c1ccc(C)cc1. The Morgan fingerprint density at radius 1 is 1.00 bits per heavy atom. The molecule has 0 fully saturated rings. The Balaban J connectivity index is 1.99. The van der Waals surface area contributed by atoms with Gasteiger partial charge >= 0.3 is 0 Å². The van der Waals surface area contributed by atoms with Gasteiger partial charge in [-0.3, -0.25) is 4.79 Å². The minimum absolute atomic E-state index is 0.0492. The third-order valence-electron chi connectivity index (χ3n) is 4.94. The van der Waals surface area contributed by atoms with Crippen LogP contribution in [0.1, 0.15) is 31.9 Å². The predicted octanol–water partition coefficient (Wildman–Crippen LogP) is 5.72. The Bertz CT molecular complexity index is 988. The second-order valence-electron chi connectivity index (χ2n) is 8.05. The number of benzene rings is 2. The minimum atomic E-state index is 0.0492. The first kappa shape index (κ1) is 22.2. The Morgan fingerprint density at radius 2 is 1.57 bits per heavy atom. The number of imidazole rings is 1. The topological polar surface area (TPSA) is 46.9 Å². The number of carbonyl (C=O) groups excluding carboxylic acids is 1. The van der Waals surface area contributed by atoms with Gasteiger partial charge in [0.25, 0.3) is 0 Å². The van der Waals surface area contributed by atoms with Crippen LogP contribution in [0.5, 0.6) is 0 Å². The van der Waals surface area contributed by atoms with Crippen molar-refractivity contribution in [3.8, 4) is 22.5 Å². The van der Waals surface area contributed by atoms with Crippen LogP contribution in [0.25, 0.3) is 22.5 Å². The van der Waals surface area contributed by atoms with Gasteiger partial charge in [-0.05, 0) is 26.7 Å². The number of carbonyl (C=O) groups is 1. The number of thioether (sulfide) groups is 1. The van der Waals surface area contributed by atoms with E-state index in [-0.39, 0.29) is 5.91 Å². The van der Waals surface area contributed by atoms with E-state index in [1.54, 1.807) is 0 Å². The zero-order valence-electron chi connectivity index (χ0n) is 18.5. The molecular weight excluding hydrogens is 390 g/mol. The standard InChI is InChI=1S/C25H31N3OS/c1-6-28-24(21-13-9-19(5)10-14-21)23(20-11-7-18(4)8-12-20)27-25(28)30-16-22(29)26-15-17(2)3/h7-14,17H,6,15-16H2,1-5H3,(H,26,29). The van der Waals surface area contributed by atoms with Crippen molar-refractivity contribution in [2.24, 2.45) is 5.92 Å². The molecule has 1 amide bonds. The van der Waals surface area contributed by atoms with Crippen LogP contribution in [0, 0.1) is 19.8 Å². The molecule has 4 nitrogen and oxygen atoms in total. The molecule has 0 aliphatic rings. The van der Waals surface area contributed by atoms with Crippen LogP contribution in [-0.2, 0) is 11.3 Å². The average Bonchev–Trinajstić information content (AvgIpc) is 3.10. The van der Waals surface area contributed by atoms with E-state index >= 15 is 0 Å². The van der Waals surface area contributed by atoms with E-state index in [2.05, 4.69) is 93.0 Å². The maximum atomic E-state index is 12.3. The van der Waals surface area contributed by atoms with Crippen molar-refractivity contribution >= 4 is 17.7 Å². The second kappa shape index (κ2) is 9.98. The molecule has 0 aliphatic carbocycles. The molecule has 1 N–H and O–H groups in total. The third kappa shape index (κ3) is 5.33. The minimum Gasteiger partial charge on any atom is -0.355 e. The van der Waals surface area contributed by atoms with Crippen LogP contribution in [0.3, 0.4) is 0 Å². The smallest absolute Gasteiger partial charge is 0.230 e. The summed E-state index contributed by atoms with van der Waals surface area (Å²) in [7, 11) is 0. The largest absolute Gasteiger partial charge is 0.355 e. The molecule has 3 rings (SSSR count). The van der Waals surface area contributed by atoms with Crippen molar-refractivity contribution in [1.82, 2.24) is 14.9 Å². The molecule has 1 aromatic heterocycles. The summed E-state index contributed by atoms with van der Waals surface area (Å²) in [6.45, 7) is 12.0. The van der Waals surface area contributed by atoms with Gasteiger partial charge in [0.1, 0.15) is 0 Å². The Morgan fingerprint density at radius 3 is 2.10 bits per heavy atom. The number of aryl methyl sites for hydroxylation is 2. The second-order valence-corrected chi connectivity index (χ2v) is 9.00. The normalized spacial score (nSPS) is 11.1. The Labute approximate surface area is 184 Å². The van der Waals surface area contributed by atoms with Crippen LogP contribution >= 0.6 is 11.8 Å². The number of hydrogen-bond acceptors (Lipinski definition) is 3. The van der Waals surface area contributed by atoms with Gasteiger partial charge in [0.05, 0.1) is 17.1 Å². The highest BCUT2D eigenvalue weighted by Crippen LogP contribution is 2.36. The Kier molecular flexibility index (Phi) is 7.38. The summed E-state index contributed by atoms with van der Waals surface area (Å²) in [5.74, 6) is 0.857. The fourth-order valence-corrected chi connectivity index (χ4v) is 4.15. The molecule has 0 atom stereocenters. The monoisotopic (exact) mass is 421 g/mol. The van der Waals surface area contributed by atoms with E-state index in [4.69, 9.17) is 4.98 Å². The van der Waals surface area contributed by atoms with Gasteiger partial charge in [0, 0.05) is 24.2 Å². The molecule has 0 radical (unpaired) electrons. The van der Waals surface area contributed by atoms with Gasteiger partial charge in [-0.1, -0.05) is 85.3 Å². The molecule has 0 saturated carbocycles. The van der Waals surface area contributed by atoms with Gasteiger partial charge in [-0.25, -0.2) is 4.98 Å². The molecule has 0 unspecified atom stereocenters. The molecule has 0 aliphatic heterocycles. The molecule has 0 spiro atoms. The highest BCUT2D eigenvalue weighted by molar-refractivity contribution is 7.99. The molecule has 5 heteroatoms. The molecule has 30 heavy (non-hydrogen) atoms. The summed E-state index contributed by atoms with van der Waals surface area (Å²) in [6.07, 6.45) is 0. The van der Waals surface area contributed by atoms with Crippen LogP contribution in [0.15, 0.2) is 53.7 Å². The fourth-order valence-electron chi connectivity index (χ4n) is 3.25. The quantitative estimate of drug-likeness (QED) is 0.473. The molecule has 158 valence electrons. The van der Waals surface area contributed by atoms with Crippen LogP contribution in [0.2, 0.25) is 0 Å². The summed E-state index contributed by atoms with van der Waals surface area (Å²) in [4.78, 5) is 17.3. The van der Waals surface area contributed by atoms with Crippen molar-refractivity contribution < 1.29 is 4.79 Å². The van der Waals surface area contributed by atoms with E-state index in [0.29, 0.717) is 18.2 Å². The molecule has 0 bridgehead atoms. The first-order valence-corrected chi connectivity index (χ1v) is 11.5. The van der Waals surface area contributed by atoms with E-state index < -0.39 is 0 Å². The summed E-state index contributed by atoms with van der Waals surface area (Å²) in [5.41, 5.74) is 6.75. The van der Waals surface area contributed by atoms with Gasteiger partial charge < -0.3 is 9.88 Å². The lowest BCUT2D eigenvalue weighted by atomic mass is 10.0. The maximum Gasteiger partial charge on any atom is 0.230 e. The number of amides is 1. The van der Waals surface area contributed by atoms with Crippen molar-refractivity contribution in [3.63, 3.8) is 0 Å². The summed E-state index contributed by atoms with van der Waals surface area (Å²) >= 11 is 1.50. The van der Waals surface area contributed by atoms with Gasteiger partial charge in [0.15, 0.2) is 5.16 Å². The van der Waals surface area contributed by atoms with Crippen LogP contribution in [-0.4, -0.2) is 27.8 Å². The maximum absolute atomic E-state index is 12.3. The molecule has 0 saturated heterocycles. The predicted molar refractivity (Wildman–Crippen MR) is 127 cm³/mol. The van der Waals surface area contributed by atoms with E-state index in [9.17, 15) is 4.79 Å². The zero-order chi connectivity index (χ0) is 21.7. The van der Waals surface area contributed by atoms with E-state index in [1.165, 1.54) is 22.9 Å². The number of nitrogens with one attached hydrogen (secondary N) is 1. The third-order valence-corrected chi connectivity index (χ3v) is 5.92. The molecular formula is C25H31N3OS. The molecule has 3 aromatic rings. The Hall–Kier alpha value is -2.53. The van der Waals surface area contributed by atoms with Crippen LogP contribution < -0.4 is 5.32 Å². The number of rotatable bonds is 8. The summed E-state index contributed by atoms with van der Waals surface area (Å²) in [5, 5.41) is 3.87. The van der Waals surface area contributed by atoms with Crippen molar-refractivity contribution in [3.05, 3.63) is 59.7 Å². The van der Waals surface area contributed by atoms with Gasteiger partial charge in [0.2, 0.25) is 5.91 Å². The summed E-state index contributed by atoms with van der Waals surface area (Å²) < 4.78 is 2.22. The lowest BCUT2D eigenvalue weighted by Gasteiger charge is -2.11. The zero-order valence-corrected chi connectivity index (χ0v) is 19.3. The molecule has 1 heterocycles. The average molecular weight is 422 g/mol. The summed E-state index contributed by atoms with van der Waals surface area (Å²) in [6, 6.07) is 17.1. The van der Waals surface area contributed by atoms with E-state index in [0.717, 1.165) is 34.2 Å². The van der Waals surface area contributed by atoms with Gasteiger partial charge in [-0.2, -0.15) is 0 Å². The van der Waals surface area contributed by atoms with E-state index in [1.807, 2.05) is 0 Å². The molecule has 2 aromatic carbocycles. The number of nitrogens with zero attached hydrogens (tertiary/aromatic N) is 2. The van der Waals surface area contributed by atoms with Crippen LogP contribution in [0.4, 0.5) is 0 Å². The highest BCUT2D eigenvalue weighted by atomic mass is 32.2. The first-order valence-electron chi connectivity index (χ1n) is 10.5. The highest BCUT2D eigenvalue weighted by Gasteiger charge is 2.20. The number of aromatic nitrogens is 2. The van der Waals surface area contributed by atoms with Crippen molar-refractivity contribution in [2.75, 3.05) is 12.3 Å². The van der Waals surface area contributed by atoms with Crippen molar-refractivity contribution in [2.45, 2.75) is 46.3 Å². The lowest BCUT2D eigenvalue weighted by Crippen LogP contribution is -2.28. The number of hydrogen-bond donors (Lipinski definition) is 1. The lowest BCUT2D eigenvalue weighted by molar-refractivity contribution is -0.118. The first-order chi connectivity index (χ1) is 14.4. The fraction of sp³-hybridized carbons (Fsp3) is 0.360. The van der Waals surface area contributed by atoms with Gasteiger partial charge in [-0.15, -0.1) is 0 Å². The van der Waals surface area contributed by atoms with Crippen molar-refractivity contribution in [1.29, 1.82) is 0 Å².